The van der Waals surface area contributed by atoms with Gasteiger partial charge in [0.05, 0.1) is 5.92 Å². The first-order chi connectivity index (χ1) is 8.16. The molecule has 0 amide bonds. The third-order valence-corrected chi connectivity index (χ3v) is 2.68. The zero-order valence-electron chi connectivity index (χ0n) is 9.50. The van der Waals surface area contributed by atoms with Crippen molar-refractivity contribution in [3.05, 3.63) is 29.8 Å². The molecule has 0 aliphatic carbocycles. The molecule has 0 spiro atoms. The molecule has 0 aliphatic heterocycles. The lowest BCUT2D eigenvalue weighted by Crippen LogP contribution is -2.11. The van der Waals surface area contributed by atoms with E-state index in [9.17, 15) is 14.7 Å². The number of carbonyl (C=O) groups is 2. The summed E-state index contributed by atoms with van der Waals surface area (Å²) in [5, 5.41) is 18.7. The molecule has 17 heavy (non-hydrogen) atoms. The average Bonchev–Trinajstić information content (AvgIpc) is 2.30. The number of hydrogen-bond donors (Lipinski definition) is 2. The Hall–Kier alpha value is -1.84. The smallest absolute Gasteiger partial charge is 0.311 e. The van der Waals surface area contributed by atoms with Crippen LogP contribution < -0.4 is 0 Å². The summed E-state index contributed by atoms with van der Waals surface area (Å²) in [6.07, 6.45) is 3.05. The van der Waals surface area contributed by atoms with Gasteiger partial charge in [-0.15, -0.1) is 0 Å². The highest BCUT2D eigenvalue weighted by Crippen LogP contribution is 2.29. The van der Waals surface area contributed by atoms with Gasteiger partial charge in [-0.1, -0.05) is 24.6 Å². The molecule has 0 heterocycles. The van der Waals surface area contributed by atoms with Crippen LogP contribution >= 0.6 is 0 Å². The summed E-state index contributed by atoms with van der Waals surface area (Å²) >= 11 is 0. The topological polar surface area (TPSA) is 74.6 Å². The zero-order valence-corrected chi connectivity index (χ0v) is 9.50. The van der Waals surface area contributed by atoms with Crippen LogP contribution in [-0.2, 0) is 9.59 Å². The molecule has 0 bridgehead atoms. The molecular weight excluding hydrogens is 220 g/mol. The van der Waals surface area contributed by atoms with Crippen molar-refractivity contribution in [3.8, 4) is 5.75 Å². The maximum Gasteiger partial charge on any atom is 0.311 e. The number of aliphatic carboxylic acids is 1. The van der Waals surface area contributed by atoms with Gasteiger partial charge in [0.15, 0.2) is 0 Å². The first kappa shape index (κ1) is 13.2. The molecule has 0 radical (unpaired) electrons. The quantitative estimate of drug-likeness (QED) is 0.562. The van der Waals surface area contributed by atoms with E-state index < -0.39 is 11.9 Å². The average molecular weight is 236 g/mol. The number of carboxylic acids is 1. The van der Waals surface area contributed by atoms with Gasteiger partial charge in [0.25, 0.3) is 0 Å². The number of carboxylic acid groups (broad SMARTS) is 1. The van der Waals surface area contributed by atoms with Crippen LogP contribution in [0.25, 0.3) is 0 Å². The van der Waals surface area contributed by atoms with Gasteiger partial charge in [-0.2, -0.15) is 0 Å². The van der Waals surface area contributed by atoms with Crippen molar-refractivity contribution in [1.82, 2.24) is 0 Å². The van der Waals surface area contributed by atoms with Gasteiger partial charge in [-0.05, 0) is 18.9 Å². The van der Waals surface area contributed by atoms with E-state index in [1.165, 1.54) is 6.07 Å². The molecule has 2 N–H and O–H groups in total. The summed E-state index contributed by atoms with van der Waals surface area (Å²) in [7, 11) is 0. The molecule has 0 fully saturated rings. The number of unbranched alkanes of at least 4 members (excludes halogenated alkanes) is 2. The van der Waals surface area contributed by atoms with Crippen LogP contribution in [0.5, 0.6) is 5.75 Å². The van der Waals surface area contributed by atoms with Gasteiger partial charge in [-0.25, -0.2) is 0 Å². The van der Waals surface area contributed by atoms with E-state index in [0.717, 1.165) is 6.29 Å². The number of para-hydroxylation sites is 1. The van der Waals surface area contributed by atoms with E-state index in [2.05, 4.69) is 0 Å². The standard InChI is InChI=1S/C13H16O4/c14-9-5-1-2-7-11(13(16)17)10-6-3-4-8-12(10)15/h3-4,6,8-9,11,15H,1-2,5,7H2,(H,16,17). The van der Waals surface area contributed by atoms with Crippen molar-refractivity contribution < 1.29 is 19.8 Å². The molecule has 1 rings (SSSR count). The Morgan fingerprint density at radius 2 is 2.00 bits per heavy atom. The maximum absolute atomic E-state index is 11.1. The molecule has 92 valence electrons. The highest BCUT2D eigenvalue weighted by Gasteiger charge is 2.21. The molecule has 4 nitrogen and oxygen atoms in total. The van der Waals surface area contributed by atoms with Gasteiger partial charge in [0.1, 0.15) is 12.0 Å². The predicted octanol–water partition coefficient (Wildman–Crippen LogP) is 2.32. The van der Waals surface area contributed by atoms with E-state index in [0.29, 0.717) is 31.2 Å². The Balaban J connectivity index is 2.69. The zero-order chi connectivity index (χ0) is 12.7. The lowest BCUT2D eigenvalue weighted by Gasteiger charge is -2.13. The number of carbonyl (C=O) groups excluding carboxylic acids is 1. The fourth-order valence-corrected chi connectivity index (χ4v) is 1.77. The lowest BCUT2D eigenvalue weighted by atomic mass is 9.92. The first-order valence-electron chi connectivity index (χ1n) is 5.61. The van der Waals surface area contributed by atoms with E-state index in [1.807, 2.05) is 0 Å². The molecule has 0 saturated carbocycles. The molecule has 4 heteroatoms. The van der Waals surface area contributed by atoms with Crippen LogP contribution in [0.4, 0.5) is 0 Å². The number of aromatic hydroxyl groups is 1. The van der Waals surface area contributed by atoms with Crippen LogP contribution in [0, 0.1) is 0 Å². The van der Waals surface area contributed by atoms with E-state index in [-0.39, 0.29) is 5.75 Å². The second-order valence-corrected chi connectivity index (χ2v) is 3.90. The Morgan fingerprint density at radius 1 is 1.29 bits per heavy atom. The second-order valence-electron chi connectivity index (χ2n) is 3.90. The Labute approximate surface area is 99.9 Å². The molecule has 1 atom stereocenters. The summed E-state index contributed by atoms with van der Waals surface area (Å²) in [5.74, 6) is -1.64. The number of phenolic OH excluding ortho intramolecular Hbond substituents is 1. The van der Waals surface area contributed by atoms with E-state index in [1.54, 1.807) is 18.2 Å². The van der Waals surface area contributed by atoms with Crippen LogP contribution in [0.1, 0.15) is 37.2 Å². The van der Waals surface area contributed by atoms with Crippen molar-refractivity contribution in [2.45, 2.75) is 31.6 Å². The lowest BCUT2D eigenvalue weighted by molar-refractivity contribution is -0.139. The minimum atomic E-state index is -0.947. The molecule has 0 aromatic heterocycles. The minimum absolute atomic E-state index is 0.00953. The van der Waals surface area contributed by atoms with E-state index >= 15 is 0 Å². The normalized spacial score (nSPS) is 12.0. The van der Waals surface area contributed by atoms with Crippen LogP contribution in [-0.4, -0.2) is 22.5 Å². The van der Waals surface area contributed by atoms with Gasteiger partial charge in [0, 0.05) is 12.0 Å². The third kappa shape index (κ3) is 3.90. The predicted molar refractivity (Wildman–Crippen MR) is 63.0 cm³/mol. The summed E-state index contributed by atoms with van der Waals surface area (Å²) in [6.45, 7) is 0. The highest BCUT2D eigenvalue weighted by atomic mass is 16.4. The summed E-state index contributed by atoms with van der Waals surface area (Å²) in [4.78, 5) is 21.3. The Bertz CT molecular complexity index is 387. The van der Waals surface area contributed by atoms with Gasteiger partial charge in [-0.3, -0.25) is 4.79 Å². The minimum Gasteiger partial charge on any atom is -0.508 e. The summed E-state index contributed by atoms with van der Waals surface area (Å²) < 4.78 is 0. The Morgan fingerprint density at radius 3 is 2.59 bits per heavy atom. The van der Waals surface area contributed by atoms with E-state index in [4.69, 9.17) is 5.11 Å². The fourth-order valence-electron chi connectivity index (χ4n) is 1.77. The van der Waals surface area contributed by atoms with Crippen molar-refractivity contribution >= 4 is 12.3 Å². The Kier molecular flexibility index (Phi) is 5.20. The van der Waals surface area contributed by atoms with Gasteiger partial charge >= 0.3 is 5.97 Å². The molecule has 0 aliphatic rings. The fraction of sp³-hybridized carbons (Fsp3) is 0.385. The number of rotatable bonds is 7. The first-order valence-corrected chi connectivity index (χ1v) is 5.61. The number of benzene rings is 1. The highest BCUT2D eigenvalue weighted by molar-refractivity contribution is 5.77. The van der Waals surface area contributed by atoms with Gasteiger partial charge < -0.3 is 15.0 Å². The monoisotopic (exact) mass is 236 g/mol. The number of phenols is 1. The molecule has 0 saturated heterocycles. The molecule has 1 aromatic carbocycles. The molecule has 1 unspecified atom stereocenters. The van der Waals surface area contributed by atoms with Crippen molar-refractivity contribution in [3.63, 3.8) is 0 Å². The third-order valence-electron chi connectivity index (χ3n) is 2.68. The number of aldehydes is 1. The van der Waals surface area contributed by atoms with Crippen molar-refractivity contribution in [2.75, 3.05) is 0 Å². The van der Waals surface area contributed by atoms with Crippen LogP contribution in [0.2, 0.25) is 0 Å². The van der Waals surface area contributed by atoms with Crippen molar-refractivity contribution in [1.29, 1.82) is 0 Å². The van der Waals surface area contributed by atoms with Crippen LogP contribution in [0.15, 0.2) is 24.3 Å². The molecule has 1 aromatic rings. The van der Waals surface area contributed by atoms with Gasteiger partial charge in [0.2, 0.25) is 0 Å². The molecular formula is C13H16O4. The number of hydrogen-bond acceptors (Lipinski definition) is 3. The van der Waals surface area contributed by atoms with Crippen molar-refractivity contribution in [2.24, 2.45) is 0 Å². The van der Waals surface area contributed by atoms with Crippen LogP contribution in [0.3, 0.4) is 0 Å². The maximum atomic E-state index is 11.1. The largest absolute Gasteiger partial charge is 0.508 e. The summed E-state index contributed by atoms with van der Waals surface area (Å²) in [6, 6.07) is 6.46. The SMILES string of the molecule is O=CCCCCC(C(=O)O)c1ccccc1O. The summed E-state index contributed by atoms with van der Waals surface area (Å²) in [5.41, 5.74) is 0.436. The second kappa shape index (κ2) is 6.68.